The van der Waals surface area contributed by atoms with Crippen molar-refractivity contribution in [1.29, 1.82) is 0 Å². The van der Waals surface area contributed by atoms with Crippen molar-refractivity contribution in [2.75, 3.05) is 13.7 Å². The van der Waals surface area contributed by atoms with Crippen LogP contribution in [0.2, 0.25) is 0 Å². The lowest BCUT2D eigenvalue weighted by atomic mass is 9.98. The van der Waals surface area contributed by atoms with Gasteiger partial charge in [-0.25, -0.2) is 8.78 Å². The second kappa shape index (κ2) is 7.18. The lowest BCUT2D eigenvalue weighted by Gasteiger charge is -2.19. The molecule has 21 heavy (non-hydrogen) atoms. The van der Waals surface area contributed by atoms with Crippen LogP contribution < -0.4 is 10.1 Å². The van der Waals surface area contributed by atoms with Gasteiger partial charge in [0.1, 0.15) is 5.82 Å². The van der Waals surface area contributed by atoms with E-state index >= 15 is 0 Å². The van der Waals surface area contributed by atoms with Gasteiger partial charge in [-0.05, 0) is 48.4 Å². The van der Waals surface area contributed by atoms with Crippen LogP contribution in [0.1, 0.15) is 24.1 Å². The fraction of sp³-hybridized carbons (Fsp3) is 0.294. The van der Waals surface area contributed by atoms with Crippen LogP contribution in [0.3, 0.4) is 0 Å². The molecule has 0 saturated heterocycles. The summed E-state index contributed by atoms with van der Waals surface area (Å²) < 4.78 is 32.0. The molecule has 0 spiro atoms. The van der Waals surface area contributed by atoms with Crippen LogP contribution in [0.15, 0.2) is 42.5 Å². The summed E-state index contributed by atoms with van der Waals surface area (Å²) in [4.78, 5) is 0. The van der Waals surface area contributed by atoms with Gasteiger partial charge in [0.2, 0.25) is 0 Å². The van der Waals surface area contributed by atoms with Crippen LogP contribution in [-0.2, 0) is 6.42 Å². The summed E-state index contributed by atoms with van der Waals surface area (Å²) in [5.41, 5.74) is 1.69. The van der Waals surface area contributed by atoms with Crippen molar-refractivity contribution in [3.8, 4) is 5.75 Å². The normalized spacial score (nSPS) is 12.2. The molecule has 0 aliphatic carbocycles. The topological polar surface area (TPSA) is 21.3 Å². The molecule has 1 atom stereocenters. The van der Waals surface area contributed by atoms with Crippen LogP contribution in [0, 0.1) is 11.6 Å². The Morgan fingerprint density at radius 2 is 1.95 bits per heavy atom. The third-order valence-corrected chi connectivity index (χ3v) is 3.36. The highest BCUT2D eigenvalue weighted by molar-refractivity contribution is 5.32. The number of hydrogen-bond acceptors (Lipinski definition) is 2. The Bertz CT molecular complexity index is 601. The minimum absolute atomic E-state index is 0.0720. The number of ether oxygens (including phenoxy) is 1. The standard InChI is InChI=1S/C17H19F2NO/c1-3-20-16(10-12-5-4-6-14(18)9-12)13-7-8-17(21-2)15(19)11-13/h4-9,11,16,20H,3,10H2,1-2H3. The van der Waals surface area contributed by atoms with Gasteiger partial charge in [0.25, 0.3) is 0 Å². The van der Waals surface area contributed by atoms with Gasteiger partial charge >= 0.3 is 0 Å². The van der Waals surface area contributed by atoms with Gasteiger partial charge < -0.3 is 10.1 Å². The molecule has 112 valence electrons. The quantitative estimate of drug-likeness (QED) is 0.872. The molecule has 0 saturated carbocycles. The summed E-state index contributed by atoms with van der Waals surface area (Å²) in [6.07, 6.45) is 0.595. The molecule has 0 fully saturated rings. The fourth-order valence-electron chi connectivity index (χ4n) is 2.35. The van der Waals surface area contributed by atoms with E-state index in [1.165, 1.54) is 25.3 Å². The van der Waals surface area contributed by atoms with Crippen molar-refractivity contribution in [2.45, 2.75) is 19.4 Å². The van der Waals surface area contributed by atoms with E-state index in [4.69, 9.17) is 4.74 Å². The predicted molar refractivity (Wildman–Crippen MR) is 79.5 cm³/mol. The first-order chi connectivity index (χ1) is 10.1. The molecule has 1 N–H and O–H groups in total. The minimum Gasteiger partial charge on any atom is -0.494 e. The maximum atomic E-state index is 13.8. The number of likely N-dealkylation sites (N-methyl/N-ethyl adjacent to an activating group) is 1. The van der Waals surface area contributed by atoms with Crippen molar-refractivity contribution in [1.82, 2.24) is 5.32 Å². The van der Waals surface area contributed by atoms with Crippen molar-refractivity contribution >= 4 is 0 Å². The molecule has 0 aliphatic rings. The van der Waals surface area contributed by atoms with E-state index in [0.717, 1.165) is 17.7 Å². The lowest BCUT2D eigenvalue weighted by Crippen LogP contribution is -2.23. The monoisotopic (exact) mass is 291 g/mol. The highest BCUT2D eigenvalue weighted by Crippen LogP contribution is 2.24. The van der Waals surface area contributed by atoms with E-state index in [9.17, 15) is 8.78 Å². The molecule has 0 bridgehead atoms. The molecule has 1 unspecified atom stereocenters. The zero-order chi connectivity index (χ0) is 15.2. The van der Waals surface area contributed by atoms with Crippen LogP contribution in [0.5, 0.6) is 5.75 Å². The predicted octanol–water partition coefficient (Wildman–Crippen LogP) is 3.87. The molecule has 2 rings (SSSR count). The number of benzene rings is 2. The number of hydrogen-bond donors (Lipinski definition) is 1. The summed E-state index contributed by atoms with van der Waals surface area (Å²) in [5.74, 6) is -0.430. The van der Waals surface area contributed by atoms with Crippen LogP contribution in [-0.4, -0.2) is 13.7 Å². The number of nitrogens with one attached hydrogen (secondary N) is 1. The molecule has 0 amide bonds. The molecule has 4 heteroatoms. The molecule has 0 heterocycles. The van der Waals surface area contributed by atoms with Gasteiger partial charge in [0, 0.05) is 6.04 Å². The maximum absolute atomic E-state index is 13.8. The molecular weight excluding hydrogens is 272 g/mol. The number of halogens is 2. The van der Waals surface area contributed by atoms with Gasteiger partial charge in [0.05, 0.1) is 7.11 Å². The van der Waals surface area contributed by atoms with Crippen molar-refractivity contribution in [3.63, 3.8) is 0 Å². The van der Waals surface area contributed by atoms with Gasteiger partial charge in [0.15, 0.2) is 11.6 Å². The molecule has 2 nitrogen and oxygen atoms in total. The zero-order valence-electron chi connectivity index (χ0n) is 12.2. The van der Waals surface area contributed by atoms with Gasteiger partial charge in [-0.15, -0.1) is 0 Å². The Morgan fingerprint density at radius 1 is 1.14 bits per heavy atom. The second-order valence-corrected chi connectivity index (χ2v) is 4.84. The Labute approximate surface area is 123 Å². The second-order valence-electron chi connectivity index (χ2n) is 4.84. The minimum atomic E-state index is -0.392. The molecule has 0 radical (unpaired) electrons. The van der Waals surface area contributed by atoms with E-state index in [1.807, 2.05) is 19.1 Å². The highest BCUT2D eigenvalue weighted by Gasteiger charge is 2.14. The average Bonchev–Trinajstić information content (AvgIpc) is 2.47. The zero-order valence-corrected chi connectivity index (χ0v) is 12.2. The van der Waals surface area contributed by atoms with Crippen molar-refractivity contribution < 1.29 is 13.5 Å². The molecule has 0 aliphatic heterocycles. The van der Waals surface area contributed by atoms with E-state index in [0.29, 0.717) is 6.42 Å². The summed E-state index contributed by atoms with van der Waals surface area (Å²) >= 11 is 0. The van der Waals surface area contributed by atoms with Gasteiger partial charge in [-0.1, -0.05) is 25.1 Å². The van der Waals surface area contributed by atoms with E-state index in [1.54, 1.807) is 12.1 Å². The van der Waals surface area contributed by atoms with E-state index in [-0.39, 0.29) is 17.6 Å². The van der Waals surface area contributed by atoms with Crippen molar-refractivity contribution in [2.24, 2.45) is 0 Å². The third-order valence-electron chi connectivity index (χ3n) is 3.36. The lowest BCUT2D eigenvalue weighted by molar-refractivity contribution is 0.385. The Balaban J connectivity index is 2.24. The van der Waals surface area contributed by atoms with Crippen LogP contribution in [0.4, 0.5) is 8.78 Å². The summed E-state index contributed by atoms with van der Waals surface area (Å²) in [6, 6.07) is 11.3. The van der Waals surface area contributed by atoms with Crippen LogP contribution >= 0.6 is 0 Å². The molecule has 2 aromatic rings. The Morgan fingerprint density at radius 3 is 2.57 bits per heavy atom. The van der Waals surface area contributed by atoms with Gasteiger partial charge in [-0.3, -0.25) is 0 Å². The average molecular weight is 291 g/mol. The third kappa shape index (κ3) is 4.02. The first-order valence-electron chi connectivity index (χ1n) is 6.95. The SMILES string of the molecule is CCNC(Cc1cccc(F)c1)c1ccc(OC)c(F)c1. The smallest absolute Gasteiger partial charge is 0.165 e. The summed E-state index contributed by atoms with van der Waals surface area (Å²) in [5, 5.41) is 3.30. The largest absolute Gasteiger partial charge is 0.494 e. The van der Waals surface area contributed by atoms with Gasteiger partial charge in [-0.2, -0.15) is 0 Å². The van der Waals surface area contributed by atoms with E-state index < -0.39 is 5.82 Å². The fourth-order valence-corrected chi connectivity index (χ4v) is 2.35. The van der Waals surface area contributed by atoms with E-state index in [2.05, 4.69) is 5.32 Å². The van der Waals surface area contributed by atoms with Crippen molar-refractivity contribution in [3.05, 3.63) is 65.2 Å². The summed E-state index contributed by atoms with van der Waals surface area (Å²) in [6.45, 7) is 2.73. The number of methoxy groups -OCH3 is 1. The number of rotatable bonds is 6. The molecule has 2 aromatic carbocycles. The summed E-state index contributed by atoms with van der Waals surface area (Å²) in [7, 11) is 1.44. The van der Waals surface area contributed by atoms with Crippen LogP contribution in [0.25, 0.3) is 0 Å². The first-order valence-corrected chi connectivity index (χ1v) is 6.95. The first kappa shape index (κ1) is 15.4. The molecular formula is C17H19F2NO. The molecule has 0 aromatic heterocycles. The Hall–Kier alpha value is -1.94. The Kier molecular flexibility index (Phi) is 5.28. The highest BCUT2D eigenvalue weighted by atomic mass is 19.1. The maximum Gasteiger partial charge on any atom is 0.165 e.